The van der Waals surface area contributed by atoms with E-state index in [0.717, 1.165) is 26.6 Å². The van der Waals surface area contributed by atoms with Gasteiger partial charge < -0.3 is 10.4 Å². The van der Waals surface area contributed by atoms with E-state index in [9.17, 15) is 9.90 Å². The van der Waals surface area contributed by atoms with E-state index in [4.69, 9.17) is 11.6 Å². The van der Waals surface area contributed by atoms with Crippen molar-refractivity contribution in [3.63, 3.8) is 0 Å². The molecule has 0 atom stereocenters. The van der Waals surface area contributed by atoms with Gasteiger partial charge in [0.1, 0.15) is 5.56 Å². The highest BCUT2D eigenvalue weighted by atomic mass is 35.5. The molecule has 0 saturated carbocycles. The predicted octanol–water partition coefficient (Wildman–Crippen LogP) is 5.10. The Bertz CT molecular complexity index is 1380. The first-order valence-corrected chi connectivity index (χ1v) is 9.78. The third kappa shape index (κ3) is 3.18. The van der Waals surface area contributed by atoms with Crippen molar-refractivity contribution in [1.82, 2.24) is 19.6 Å². The number of aromatic nitrogens is 4. The zero-order valence-electron chi connectivity index (χ0n) is 14.7. The summed E-state index contributed by atoms with van der Waals surface area (Å²) in [6.45, 7) is 0. The lowest BCUT2D eigenvalue weighted by molar-refractivity contribution is 0.0698. The lowest BCUT2D eigenvalue weighted by atomic mass is 10.2. The van der Waals surface area contributed by atoms with Gasteiger partial charge in [-0.2, -0.15) is 0 Å². The maximum absolute atomic E-state index is 11.4. The molecule has 5 rings (SSSR count). The molecule has 0 aliphatic rings. The molecule has 0 spiro atoms. The van der Waals surface area contributed by atoms with E-state index < -0.39 is 5.97 Å². The number of halogens is 1. The highest BCUT2D eigenvalue weighted by Crippen LogP contribution is 2.31. The van der Waals surface area contributed by atoms with Crippen molar-refractivity contribution in [2.24, 2.45) is 0 Å². The first-order chi connectivity index (χ1) is 14.1. The zero-order valence-corrected chi connectivity index (χ0v) is 16.3. The SMILES string of the molecule is O=C(O)c1cccn2c(-c3ccc(Nc4nc5ccc(Cl)cc5s4)cc3)nnc12. The minimum Gasteiger partial charge on any atom is -0.478 e. The van der Waals surface area contributed by atoms with E-state index in [0.29, 0.717) is 16.5 Å². The van der Waals surface area contributed by atoms with Crippen LogP contribution in [0.2, 0.25) is 5.02 Å². The van der Waals surface area contributed by atoms with Crippen LogP contribution in [0.15, 0.2) is 60.8 Å². The summed E-state index contributed by atoms with van der Waals surface area (Å²) in [5, 5.41) is 22.3. The topological polar surface area (TPSA) is 92.4 Å². The van der Waals surface area contributed by atoms with E-state index >= 15 is 0 Å². The number of pyridine rings is 1. The number of carboxylic acid groups (broad SMARTS) is 1. The van der Waals surface area contributed by atoms with Crippen LogP contribution in [-0.4, -0.2) is 30.7 Å². The summed E-state index contributed by atoms with van der Waals surface area (Å²) < 4.78 is 2.68. The molecule has 3 heterocycles. The number of hydrogen-bond acceptors (Lipinski definition) is 6. The van der Waals surface area contributed by atoms with Gasteiger partial charge in [-0.05, 0) is 54.6 Å². The lowest BCUT2D eigenvalue weighted by Crippen LogP contribution is -2.00. The van der Waals surface area contributed by atoms with Crippen molar-refractivity contribution in [2.45, 2.75) is 0 Å². The average Bonchev–Trinajstić information content (AvgIpc) is 3.31. The molecule has 2 N–H and O–H groups in total. The number of benzene rings is 2. The molecule has 0 fully saturated rings. The van der Waals surface area contributed by atoms with Crippen LogP contribution in [-0.2, 0) is 0 Å². The summed E-state index contributed by atoms with van der Waals surface area (Å²) in [6.07, 6.45) is 1.75. The summed E-state index contributed by atoms with van der Waals surface area (Å²) in [5.74, 6) is -0.463. The number of nitrogens with one attached hydrogen (secondary N) is 1. The first-order valence-electron chi connectivity index (χ1n) is 8.59. The number of thiazole rings is 1. The summed E-state index contributed by atoms with van der Waals surface area (Å²) in [6, 6.07) is 16.4. The first kappa shape index (κ1) is 17.6. The third-order valence-electron chi connectivity index (χ3n) is 4.41. The Balaban J connectivity index is 1.45. The fourth-order valence-electron chi connectivity index (χ4n) is 3.06. The van der Waals surface area contributed by atoms with Gasteiger partial charge in [-0.15, -0.1) is 10.2 Å². The average molecular weight is 422 g/mol. The monoisotopic (exact) mass is 421 g/mol. The summed E-state index contributed by atoms with van der Waals surface area (Å²) in [7, 11) is 0. The van der Waals surface area contributed by atoms with E-state index in [-0.39, 0.29) is 5.56 Å². The van der Waals surface area contributed by atoms with E-state index in [1.165, 1.54) is 17.4 Å². The number of rotatable bonds is 4. The van der Waals surface area contributed by atoms with E-state index in [2.05, 4.69) is 20.5 Å². The zero-order chi connectivity index (χ0) is 20.0. The lowest BCUT2D eigenvalue weighted by Gasteiger charge is -2.05. The van der Waals surface area contributed by atoms with Crippen molar-refractivity contribution < 1.29 is 9.90 Å². The maximum atomic E-state index is 11.4. The predicted molar refractivity (Wildman–Crippen MR) is 113 cm³/mol. The molecular weight excluding hydrogens is 410 g/mol. The fourth-order valence-corrected chi connectivity index (χ4v) is 4.22. The molecule has 2 aromatic carbocycles. The normalized spacial score (nSPS) is 11.2. The number of carboxylic acids is 1. The molecule has 9 heteroatoms. The number of carbonyl (C=O) groups is 1. The molecule has 142 valence electrons. The Morgan fingerprint density at radius 3 is 2.72 bits per heavy atom. The molecule has 5 aromatic rings. The van der Waals surface area contributed by atoms with Gasteiger partial charge in [-0.25, -0.2) is 9.78 Å². The van der Waals surface area contributed by atoms with Gasteiger partial charge in [0.2, 0.25) is 0 Å². The number of anilines is 2. The molecule has 0 aliphatic heterocycles. The molecule has 7 nitrogen and oxygen atoms in total. The second kappa shape index (κ2) is 6.84. The van der Waals surface area contributed by atoms with Crippen LogP contribution in [0.4, 0.5) is 10.8 Å². The quantitative estimate of drug-likeness (QED) is 0.419. The molecule has 0 unspecified atom stereocenters. The smallest absolute Gasteiger partial charge is 0.339 e. The van der Waals surface area contributed by atoms with Gasteiger partial charge in [-0.1, -0.05) is 22.9 Å². The van der Waals surface area contributed by atoms with Gasteiger partial charge in [0.15, 0.2) is 16.6 Å². The van der Waals surface area contributed by atoms with E-state index in [1.54, 1.807) is 16.7 Å². The number of aromatic carboxylic acids is 1. The van der Waals surface area contributed by atoms with Gasteiger partial charge in [0.05, 0.1) is 10.2 Å². The van der Waals surface area contributed by atoms with Crippen LogP contribution in [0.25, 0.3) is 27.3 Å². The van der Waals surface area contributed by atoms with Crippen molar-refractivity contribution in [3.8, 4) is 11.4 Å². The van der Waals surface area contributed by atoms with Crippen LogP contribution in [0.3, 0.4) is 0 Å². The molecule has 0 aliphatic carbocycles. The molecule has 29 heavy (non-hydrogen) atoms. The maximum Gasteiger partial charge on any atom is 0.339 e. The number of fused-ring (bicyclic) bond motifs is 2. The van der Waals surface area contributed by atoms with Crippen LogP contribution >= 0.6 is 22.9 Å². The van der Waals surface area contributed by atoms with Crippen molar-refractivity contribution in [2.75, 3.05) is 5.32 Å². The summed E-state index contributed by atoms with van der Waals surface area (Å²) >= 11 is 7.56. The minimum atomic E-state index is -1.04. The second-order valence-electron chi connectivity index (χ2n) is 6.28. The Labute approximate surface area is 173 Å². The third-order valence-corrected chi connectivity index (χ3v) is 5.58. The highest BCUT2D eigenvalue weighted by molar-refractivity contribution is 7.22. The van der Waals surface area contributed by atoms with Gasteiger partial charge in [0.25, 0.3) is 0 Å². The number of nitrogens with zero attached hydrogens (tertiary/aromatic N) is 4. The van der Waals surface area contributed by atoms with E-state index in [1.807, 2.05) is 42.5 Å². The minimum absolute atomic E-state index is 0.112. The molecular formula is C20H12ClN5O2S. The standard InChI is InChI=1S/C20H12ClN5O2S/c21-12-5-8-15-16(10-12)29-20(23-15)22-13-6-3-11(4-7-13)17-24-25-18-14(19(27)28)2-1-9-26(17)18/h1-10H,(H,22,23)(H,27,28). The Hall–Kier alpha value is -3.49. The van der Waals surface area contributed by atoms with Crippen molar-refractivity contribution in [1.29, 1.82) is 0 Å². The molecule has 0 bridgehead atoms. The van der Waals surface area contributed by atoms with Crippen LogP contribution in [0.1, 0.15) is 10.4 Å². The Morgan fingerprint density at radius 2 is 1.93 bits per heavy atom. The second-order valence-corrected chi connectivity index (χ2v) is 7.74. The molecule has 0 saturated heterocycles. The molecule has 0 amide bonds. The Morgan fingerprint density at radius 1 is 1.10 bits per heavy atom. The largest absolute Gasteiger partial charge is 0.478 e. The van der Waals surface area contributed by atoms with Gasteiger partial charge >= 0.3 is 5.97 Å². The highest BCUT2D eigenvalue weighted by Gasteiger charge is 2.15. The van der Waals surface area contributed by atoms with Crippen LogP contribution in [0.5, 0.6) is 0 Å². The molecule has 0 radical (unpaired) electrons. The van der Waals surface area contributed by atoms with Crippen LogP contribution in [0, 0.1) is 0 Å². The Kier molecular flexibility index (Phi) is 4.15. The number of hydrogen-bond donors (Lipinski definition) is 2. The summed E-state index contributed by atoms with van der Waals surface area (Å²) in [5.41, 5.74) is 3.01. The summed E-state index contributed by atoms with van der Waals surface area (Å²) in [4.78, 5) is 15.9. The van der Waals surface area contributed by atoms with Gasteiger partial charge in [0, 0.05) is 22.5 Å². The van der Waals surface area contributed by atoms with Crippen LogP contribution < -0.4 is 5.32 Å². The van der Waals surface area contributed by atoms with Crippen molar-refractivity contribution in [3.05, 3.63) is 71.4 Å². The fraction of sp³-hybridized carbons (Fsp3) is 0. The van der Waals surface area contributed by atoms with Crippen molar-refractivity contribution >= 4 is 55.6 Å². The van der Waals surface area contributed by atoms with Gasteiger partial charge in [-0.3, -0.25) is 4.40 Å². The molecule has 3 aromatic heterocycles.